The summed E-state index contributed by atoms with van der Waals surface area (Å²) in [6, 6.07) is 7.97. The number of hydrogen-bond donors (Lipinski definition) is 1. The molecule has 0 saturated carbocycles. The molecule has 1 saturated heterocycles. The van der Waals surface area contributed by atoms with E-state index in [1.165, 1.54) is 5.69 Å². The summed E-state index contributed by atoms with van der Waals surface area (Å²) in [7, 11) is 0. The quantitative estimate of drug-likeness (QED) is 0.903. The zero-order valence-corrected chi connectivity index (χ0v) is 13.0. The van der Waals surface area contributed by atoms with Crippen molar-refractivity contribution in [2.24, 2.45) is 11.8 Å². The van der Waals surface area contributed by atoms with E-state index >= 15 is 0 Å². The van der Waals surface area contributed by atoms with Crippen LogP contribution in [0.2, 0.25) is 5.02 Å². The zero-order valence-electron chi connectivity index (χ0n) is 12.2. The molecular weight excluding hydrogens is 272 g/mol. The number of nitrogens with zero attached hydrogens (tertiary/aromatic N) is 1. The van der Waals surface area contributed by atoms with Crippen molar-refractivity contribution in [1.29, 1.82) is 0 Å². The Morgan fingerprint density at radius 3 is 2.80 bits per heavy atom. The Labute approximate surface area is 126 Å². The van der Waals surface area contributed by atoms with Crippen molar-refractivity contribution < 1.29 is 4.79 Å². The van der Waals surface area contributed by atoms with Crippen molar-refractivity contribution in [2.45, 2.75) is 26.7 Å². The molecule has 0 radical (unpaired) electrons. The van der Waals surface area contributed by atoms with E-state index in [0.29, 0.717) is 5.92 Å². The van der Waals surface area contributed by atoms with Gasteiger partial charge in [0.15, 0.2) is 0 Å². The summed E-state index contributed by atoms with van der Waals surface area (Å²) in [6.07, 6.45) is 2.02. The predicted octanol–water partition coefficient (Wildman–Crippen LogP) is 3.33. The lowest BCUT2D eigenvalue weighted by Crippen LogP contribution is -2.34. The molecule has 3 nitrogen and oxygen atoms in total. The van der Waals surface area contributed by atoms with Crippen LogP contribution in [-0.4, -0.2) is 25.5 Å². The van der Waals surface area contributed by atoms with E-state index in [0.717, 1.165) is 37.5 Å². The van der Waals surface area contributed by atoms with Gasteiger partial charge in [0.2, 0.25) is 5.91 Å². The van der Waals surface area contributed by atoms with Crippen molar-refractivity contribution in [3.8, 4) is 0 Å². The second-order valence-electron chi connectivity index (χ2n) is 5.63. The monoisotopic (exact) mass is 294 g/mol. The number of hydrogen-bond acceptors (Lipinski definition) is 2. The average Bonchev–Trinajstić information content (AvgIpc) is 2.93. The topological polar surface area (TPSA) is 32.3 Å². The maximum Gasteiger partial charge on any atom is 0.222 e. The van der Waals surface area contributed by atoms with E-state index in [4.69, 9.17) is 11.6 Å². The van der Waals surface area contributed by atoms with Crippen molar-refractivity contribution in [2.75, 3.05) is 24.5 Å². The molecular formula is C16H23ClN2O. The lowest BCUT2D eigenvalue weighted by molar-refractivity contribution is -0.124. The van der Waals surface area contributed by atoms with Gasteiger partial charge in [-0.2, -0.15) is 0 Å². The minimum atomic E-state index is 0.115. The molecule has 1 fully saturated rings. The molecule has 2 rings (SSSR count). The molecule has 1 aliphatic heterocycles. The molecule has 1 N–H and O–H groups in total. The van der Waals surface area contributed by atoms with Gasteiger partial charge in [-0.25, -0.2) is 0 Å². The maximum absolute atomic E-state index is 11.8. The fourth-order valence-electron chi connectivity index (χ4n) is 2.49. The van der Waals surface area contributed by atoms with E-state index in [1.54, 1.807) is 0 Å². The smallest absolute Gasteiger partial charge is 0.222 e. The van der Waals surface area contributed by atoms with E-state index in [9.17, 15) is 4.79 Å². The number of carbonyl (C=O) groups is 1. The Morgan fingerprint density at radius 2 is 2.15 bits per heavy atom. The first-order chi connectivity index (χ1) is 9.60. The summed E-state index contributed by atoms with van der Waals surface area (Å²) in [6.45, 7) is 6.85. The molecule has 0 unspecified atom stereocenters. The maximum atomic E-state index is 11.8. The van der Waals surface area contributed by atoms with Gasteiger partial charge in [0.25, 0.3) is 0 Å². The predicted molar refractivity (Wildman–Crippen MR) is 84.2 cm³/mol. The number of carbonyl (C=O) groups excluding carboxylic acids is 1. The highest BCUT2D eigenvalue weighted by Crippen LogP contribution is 2.24. The van der Waals surface area contributed by atoms with Crippen LogP contribution in [0.25, 0.3) is 0 Å². The van der Waals surface area contributed by atoms with Crippen molar-refractivity contribution in [3.63, 3.8) is 0 Å². The average molecular weight is 295 g/mol. The molecule has 0 aromatic heterocycles. The van der Waals surface area contributed by atoms with Crippen LogP contribution in [0.5, 0.6) is 0 Å². The summed E-state index contributed by atoms with van der Waals surface area (Å²) in [4.78, 5) is 14.1. The van der Waals surface area contributed by atoms with Gasteiger partial charge in [-0.1, -0.05) is 25.4 Å². The fraction of sp³-hybridized carbons (Fsp3) is 0.562. The van der Waals surface area contributed by atoms with Gasteiger partial charge < -0.3 is 10.2 Å². The third-order valence-electron chi connectivity index (χ3n) is 4.10. The molecule has 1 heterocycles. The molecule has 1 aliphatic rings. The van der Waals surface area contributed by atoms with Crippen molar-refractivity contribution >= 4 is 23.2 Å². The van der Waals surface area contributed by atoms with Gasteiger partial charge in [-0.3, -0.25) is 4.79 Å². The van der Waals surface area contributed by atoms with Gasteiger partial charge in [0.1, 0.15) is 0 Å². The molecule has 2 atom stereocenters. The number of nitrogens with one attached hydrogen (secondary N) is 1. The Bertz CT molecular complexity index is 446. The van der Waals surface area contributed by atoms with E-state index in [-0.39, 0.29) is 11.8 Å². The Balaban J connectivity index is 1.80. The van der Waals surface area contributed by atoms with Gasteiger partial charge in [-0.05, 0) is 43.0 Å². The molecule has 0 bridgehead atoms. The summed E-state index contributed by atoms with van der Waals surface area (Å²) in [5, 5.41) is 3.84. The number of benzene rings is 1. The Morgan fingerprint density at radius 1 is 1.45 bits per heavy atom. The fourth-order valence-corrected chi connectivity index (χ4v) is 2.62. The second kappa shape index (κ2) is 6.98. The van der Waals surface area contributed by atoms with E-state index < -0.39 is 0 Å². The summed E-state index contributed by atoms with van der Waals surface area (Å²) >= 11 is 5.91. The highest BCUT2D eigenvalue weighted by molar-refractivity contribution is 6.30. The number of halogens is 1. The zero-order chi connectivity index (χ0) is 14.5. The number of amides is 1. The largest absolute Gasteiger partial charge is 0.371 e. The lowest BCUT2D eigenvalue weighted by atomic mass is 10.1. The second-order valence-corrected chi connectivity index (χ2v) is 6.07. The van der Waals surface area contributed by atoms with Crippen LogP contribution in [0, 0.1) is 11.8 Å². The van der Waals surface area contributed by atoms with Crippen molar-refractivity contribution in [3.05, 3.63) is 29.3 Å². The SMILES string of the molecule is CC[C@@H](C)C(=O)NC[C@@H]1CCN(c2ccc(Cl)cc2)C1. The van der Waals surface area contributed by atoms with Gasteiger partial charge in [-0.15, -0.1) is 0 Å². The number of anilines is 1. The minimum absolute atomic E-state index is 0.115. The van der Waals surface area contributed by atoms with Gasteiger partial charge >= 0.3 is 0 Å². The van der Waals surface area contributed by atoms with Crippen LogP contribution in [0.1, 0.15) is 26.7 Å². The Hall–Kier alpha value is -1.22. The van der Waals surface area contributed by atoms with Crippen LogP contribution in [-0.2, 0) is 4.79 Å². The molecule has 1 amide bonds. The molecule has 1 aromatic carbocycles. The van der Waals surface area contributed by atoms with Gasteiger partial charge in [0.05, 0.1) is 0 Å². The van der Waals surface area contributed by atoms with Crippen LogP contribution >= 0.6 is 11.6 Å². The van der Waals surface area contributed by atoms with Crippen molar-refractivity contribution in [1.82, 2.24) is 5.32 Å². The molecule has 4 heteroatoms. The highest BCUT2D eigenvalue weighted by Gasteiger charge is 2.23. The third-order valence-corrected chi connectivity index (χ3v) is 4.35. The molecule has 0 spiro atoms. The molecule has 0 aliphatic carbocycles. The van der Waals surface area contributed by atoms with Gasteiger partial charge in [0, 0.05) is 36.3 Å². The first kappa shape index (κ1) is 15.2. The molecule has 110 valence electrons. The Kier molecular flexibility index (Phi) is 5.30. The van der Waals surface area contributed by atoms with Crippen LogP contribution in [0.4, 0.5) is 5.69 Å². The summed E-state index contributed by atoms with van der Waals surface area (Å²) in [5.74, 6) is 0.833. The lowest BCUT2D eigenvalue weighted by Gasteiger charge is -2.19. The summed E-state index contributed by atoms with van der Waals surface area (Å²) in [5.41, 5.74) is 1.21. The highest BCUT2D eigenvalue weighted by atomic mass is 35.5. The van der Waals surface area contributed by atoms with Crippen LogP contribution in [0.3, 0.4) is 0 Å². The first-order valence-electron chi connectivity index (χ1n) is 7.38. The third kappa shape index (κ3) is 3.89. The first-order valence-corrected chi connectivity index (χ1v) is 7.76. The van der Waals surface area contributed by atoms with E-state index in [2.05, 4.69) is 22.3 Å². The van der Waals surface area contributed by atoms with Crippen LogP contribution < -0.4 is 10.2 Å². The molecule has 20 heavy (non-hydrogen) atoms. The number of rotatable bonds is 5. The standard InChI is InChI=1S/C16H23ClN2O/c1-3-12(2)16(20)18-10-13-8-9-19(11-13)15-6-4-14(17)5-7-15/h4-7,12-13H,3,8-11H2,1-2H3,(H,18,20)/t12-,13+/m1/s1. The normalized spacial score (nSPS) is 19.9. The summed E-state index contributed by atoms with van der Waals surface area (Å²) < 4.78 is 0. The van der Waals surface area contributed by atoms with Crippen LogP contribution in [0.15, 0.2) is 24.3 Å². The molecule has 1 aromatic rings. The minimum Gasteiger partial charge on any atom is -0.371 e. The van der Waals surface area contributed by atoms with E-state index in [1.807, 2.05) is 26.0 Å².